The number of esters is 1. The molecule has 0 spiro atoms. The van der Waals surface area contributed by atoms with Gasteiger partial charge in [-0.2, -0.15) is 0 Å². The molecule has 2 nitrogen and oxygen atoms in total. The summed E-state index contributed by atoms with van der Waals surface area (Å²) in [6, 6.07) is 15.3. The fourth-order valence-electron chi connectivity index (χ4n) is 1.70. The molecule has 2 rings (SSSR count). The van der Waals surface area contributed by atoms with Crippen molar-refractivity contribution in [3.05, 3.63) is 64.7 Å². The smallest absolute Gasteiger partial charge is 0.338 e. The number of benzene rings is 2. The summed E-state index contributed by atoms with van der Waals surface area (Å²) in [6.45, 7) is 2.20. The molecule has 0 aliphatic rings. The van der Waals surface area contributed by atoms with Crippen LogP contribution in [0.3, 0.4) is 0 Å². The number of thioether (sulfide) groups is 1. The molecule has 0 heterocycles. The standard InChI is InChI=1S/C16H15ClO2S/c1-2-19-16(18)13-5-3-4-12(10-13)11-20-15-8-6-14(17)7-9-15/h3-10H,2,11H2,1H3. The Morgan fingerprint density at radius 2 is 1.95 bits per heavy atom. The maximum atomic E-state index is 11.7. The summed E-state index contributed by atoms with van der Waals surface area (Å²) in [4.78, 5) is 12.8. The third-order valence-corrected chi connectivity index (χ3v) is 3.99. The van der Waals surface area contributed by atoms with Crippen LogP contribution in [0.25, 0.3) is 0 Å². The van der Waals surface area contributed by atoms with E-state index in [2.05, 4.69) is 0 Å². The Hall–Kier alpha value is -1.45. The Morgan fingerprint density at radius 3 is 2.65 bits per heavy atom. The quantitative estimate of drug-likeness (QED) is 0.586. The molecule has 0 radical (unpaired) electrons. The van der Waals surface area contributed by atoms with Crippen LogP contribution in [0, 0.1) is 0 Å². The molecule has 0 saturated carbocycles. The fraction of sp³-hybridized carbons (Fsp3) is 0.188. The minimum Gasteiger partial charge on any atom is -0.462 e. The van der Waals surface area contributed by atoms with Gasteiger partial charge in [-0.15, -0.1) is 11.8 Å². The SMILES string of the molecule is CCOC(=O)c1cccc(CSc2ccc(Cl)cc2)c1. The van der Waals surface area contributed by atoms with Crippen molar-refractivity contribution < 1.29 is 9.53 Å². The van der Waals surface area contributed by atoms with Crippen LogP contribution in [0.5, 0.6) is 0 Å². The van der Waals surface area contributed by atoms with E-state index in [0.717, 1.165) is 21.2 Å². The molecule has 0 unspecified atom stereocenters. The highest BCUT2D eigenvalue weighted by molar-refractivity contribution is 7.98. The van der Waals surface area contributed by atoms with Crippen LogP contribution < -0.4 is 0 Å². The van der Waals surface area contributed by atoms with Gasteiger partial charge in [0, 0.05) is 15.7 Å². The van der Waals surface area contributed by atoms with Gasteiger partial charge in [0.05, 0.1) is 12.2 Å². The topological polar surface area (TPSA) is 26.3 Å². The Bertz CT molecular complexity index is 581. The molecule has 0 bridgehead atoms. The van der Waals surface area contributed by atoms with Crippen LogP contribution in [0.4, 0.5) is 0 Å². The van der Waals surface area contributed by atoms with E-state index in [1.165, 1.54) is 0 Å². The average Bonchev–Trinajstić information content (AvgIpc) is 2.47. The second-order valence-electron chi connectivity index (χ2n) is 4.16. The van der Waals surface area contributed by atoms with Gasteiger partial charge >= 0.3 is 5.97 Å². The van der Waals surface area contributed by atoms with Crippen molar-refractivity contribution in [3.8, 4) is 0 Å². The highest BCUT2D eigenvalue weighted by Gasteiger charge is 2.06. The minimum atomic E-state index is -0.272. The lowest BCUT2D eigenvalue weighted by Crippen LogP contribution is -2.04. The van der Waals surface area contributed by atoms with Crippen molar-refractivity contribution in [1.82, 2.24) is 0 Å². The number of hydrogen-bond donors (Lipinski definition) is 0. The van der Waals surface area contributed by atoms with Gasteiger partial charge in [-0.25, -0.2) is 4.79 Å². The predicted molar refractivity (Wildman–Crippen MR) is 83.4 cm³/mol. The van der Waals surface area contributed by atoms with E-state index in [1.54, 1.807) is 24.8 Å². The summed E-state index contributed by atoms with van der Waals surface area (Å²) in [5, 5.41) is 0.735. The molecule has 0 aliphatic carbocycles. The maximum absolute atomic E-state index is 11.7. The largest absolute Gasteiger partial charge is 0.462 e. The minimum absolute atomic E-state index is 0.272. The van der Waals surface area contributed by atoms with E-state index in [4.69, 9.17) is 16.3 Å². The summed E-state index contributed by atoms with van der Waals surface area (Å²) in [7, 11) is 0. The molecular formula is C16H15ClO2S. The molecule has 2 aromatic carbocycles. The molecule has 104 valence electrons. The van der Waals surface area contributed by atoms with Crippen LogP contribution in [-0.4, -0.2) is 12.6 Å². The van der Waals surface area contributed by atoms with Gasteiger partial charge in [0.1, 0.15) is 0 Å². The Morgan fingerprint density at radius 1 is 1.20 bits per heavy atom. The molecule has 0 fully saturated rings. The number of ether oxygens (including phenoxy) is 1. The molecule has 0 saturated heterocycles. The normalized spacial score (nSPS) is 10.3. The number of carbonyl (C=O) groups is 1. The first-order chi connectivity index (χ1) is 9.69. The maximum Gasteiger partial charge on any atom is 0.338 e. The van der Waals surface area contributed by atoms with Crippen LogP contribution in [0.1, 0.15) is 22.8 Å². The first kappa shape index (κ1) is 14.9. The molecule has 0 amide bonds. The Labute approximate surface area is 128 Å². The molecule has 2 aromatic rings. The van der Waals surface area contributed by atoms with E-state index in [9.17, 15) is 4.79 Å². The lowest BCUT2D eigenvalue weighted by Gasteiger charge is -2.05. The second kappa shape index (κ2) is 7.36. The summed E-state index contributed by atoms with van der Waals surface area (Å²) < 4.78 is 5.00. The van der Waals surface area contributed by atoms with Crippen LogP contribution in [0.2, 0.25) is 5.02 Å². The average molecular weight is 307 g/mol. The molecule has 0 N–H and O–H groups in total. The molecule has 0 aliphatic heterocycles. The van der Waals surface area contributed by atoms with Gasteiger partial charge in [-0.1, -0.05) is 23.7 Å². The zero-order valence-electron chi connectivity index (χ0n) is 11.1. The van der Waals surface area contributed by atoms with Crippen molar-refractivity contribution in [2.24, 2.45) is 0 Å². The third kappa shape index (κ3) is 4.29. The van der Waals surface area contributed by atoms with Crippen molar-refractivity contribution in [3.63, 3.8) is 0 Å². The number of halogens is 1. The number of carbonyl (C=O) groups excluding carboxylic acids is 1. The van der Waals surface area contributed by atoms with E-state index in [0.29, 0.717) is 12.2 Å². The van der Waals surface area contributed by atoms with Gasteiger partial charge in [-0.05, 0) is 48.9 Å². The summed E-state index contributed by atoms with van der Waals surface area (Å²) in [5.74, 6) is 0.528. The molecule has 20 heavy (non-hydrogen) atoms. The molecular weight excluding hydrogens is 292 g/mol. The van der Waals surface area contributed by atoms with E-state index >= 15 is 0 Å². The monoisotopic (exact) mass is 306 g/mol. The van der Waals surface area contributed by atoms with Gasteiger partial charge < -0.3 is 4.74 Å². The van der Waals surface area contributed by atoms with E-state index in [-0.39, 0.29) is 5.97 Å². The second-order valence-corrected chi connectivity index (χ2v) is 5.65. The van der Waals surface area contributed by atoms with Crippen LogP contribution >= 0.6 is 23.4 Å². The van der Waals surface area contributed by atoms with Crippen molar-refractivity contribution in [2.45, 2.75) is 17.6 Å². The first-order valence-corrected chi connectivity index (χ1v) is 7.70. The third-order valence-electron chi connectivity index (χ3n) is 2.66. The van der Waals surface area contributed by atoms with E-state index < -0.39 is 0 Å². The van der Waals surface area contributed by atoms with Gasteiger partial charge in [0.25, 0.3) is 0 Å². The predicted octanol–water partition coefficient (Wildman–Crippen LogP) is 4.81. The van der Waals surface area contributed by atoms with Crippen LogP contribution in [0.15, 0.2) is 53.4 Å². The number of rotatable bonds is 5. The number of hydrogen-bond acceptors (Lipinski definition) is 3. The van der Waals surface area contributed by atoms with Gasteiger partial charge in [-0.3, -0.25) is 0 Å². The molecule has 4 heteroatoms. The fourth-order valence-corrected chi connectivity index (χ4v) is 2.67. The van der Waals surface area contributed by atoms with Crippen LogP contribution in [-0.2, 0) is 10.5 Å². The first-order valence-electron chi connectivity index (χ1n) is 6.33. The lowest BCUT2D eigenvalue weighted by atomic mass is 10.1. The highest BCUT2D eigenvalue weighted by atomic mass is 35.5. The highest BCUT2D eigenvalue weighted by Crippen LogP contribution is 2.24. The van der Waals surface area contributed by atoms with Crippen molar-refractivity contribution >= 4 is 29.3 Å². The zero-order chi connectivity index (χ0) is 14.4. The zero-order valence-corrected chi connectivity index (χ0v) is 12.7. The van der Waals surface area contributed by atoms with Crippen molar-refractivity contribution in [1.29, 1.82) is 0 Å². The lowest BCUT2D eigenvalue weighted by molar-refractivity contribution is 0.0526. The summed E-state index contributed by atoms with van der Waals surface area (Å²) in [5.41, 5.74) is 1.69. The Balaban J connectivity index is 2.01. The Kier molecular flexibility index (Phi) is 5.50. The molecule has 0 atom stereocenters. The van der Waals surface area contributed by atoms with Gasteiger partial charge in [0.2, 0.25) is 0 Å². The summed E-state index contributed by atoms with van der Waals surface area (Å²) >= 11 is 7.56. The van der Waals surface area contributed by atoms with Crippen molar-refractivity contribution in [2.75, 3.05) is 6.61 Å². The van der Waals surface area contributed by atoms with E-state index in [1.807, 2.05) is 42.5 Å². The van der Waals surface area contributed by atoms with Gasteiger partial charge in [0.15, 0.2) is 0 Å². The molecule has 0 aromatic heterocycles. The summed E-state index contributed by atoms with van der Waals surface area (Å²) in [6.07, 6.45) is 0.